The number of anilines is 1. The number of hydrogen-bond donors (Lipinski definition) is 1. The van der Waals surface area contributed by atoms with Crippen molar-refractivity contribution in [1.82, 2.24) is 0 Å². The van der Waals surface area contributed by atoms with Crippen molar-refractivity contribution in [3.8, 4) is 0 Å². The van der Waals surface area contributed by atoms with Crippen LogP contribution in [0.1, 0.15) is 25.8 Å². The number of benzene rings is 1. The van der Waals surface area contributed by atoms with E-state index >= 15 is 0 Å². The van der Waals surface area contributed by atoms with Crippen molar-refractivity contribution in [2.45, 2.75) is 26.1 Å². The van der Waals surface area contributed by atoms with Crippen LogP contribution in [0.4, 0.5) is 18.9 Å². The summed E-state index contributed by atoms with van der Waals surface area (Å²) in [7, 11) is 0. The fourth-order valence-corrected chi connectivity index (χ4v) is 2.35. The van der Waals surface area contributed by atoms with E-state index in [9.17, 15) is 22.8 Å². The first-order valence-corrected chi connectivity index (χ1v) is 7.10. The van der Waals surface area contributed by atoms with Gasteiger partial charge >= 0.3 is 11.9 Å². The van der Waals surface area contributed by atoms with Gasteiger partial charge in [0.05, 0.1) is 5.69 Å². The fraction of sp³-hybridized carbons (Fsp3) is 0.286. The van der Waals surface area contributed by atoms with Crippen molar-refractivity contribution in [2.75, 3.05) is 5.32 Å². The Hall–Kier alpha value is -2.03. The number of alkyl halides is 2. The summed E-state index contributed by atoms with van der Waals surface area (Å²) in [5.41, 5.74) is -1.20. The summed E-state index contributed by atoms with van der Waals surface area (Å²) in [5.74, 6) is -4.26. The lowest BCUT2D eigenvalue weighted by Crippen LogP contribution is -2.42. The normalized spacial score (nSPS) is 16.9. The number of esters is 2. The second-order valence-corrected chi connectivity index (χ2v) is 5.90. The van der Waals surface area contributed by atoms with Crippen LogP contribution < -0.4 is 5.32 Å². The minimum absolute atomic E-state index is 0.00234. The van der Waals surface area contributed by atoms with E-state index in [4.69, 9.17) is 9.47 Å². The van der Waals surface area contributed by atoms with Gasteiger partial charge in [-0.2, -0.15) is 0 Å². The molecule has 0 aliphatic carbocycles. The van der Waals surface area contributed by atoms with Gasteiger partial charge in [0.15, 0.2) is 5.57 Å². The van der Waals surface area contributed by atoms with Gasteiger partial charge < -0.3 is 14.8 Å². The average Bonchev–Trinajstić information content (AvgIpc) is 2.38. The number of nitrogens with one attached hydrogen (secondary N) is 1. The summed E-state index contributed by atoms with van der Waals surface area (Å²) < 4.78 is 48.7. The number of ether oxygens (including phenoxy) is 2. The molecule has 1 fully saturated rings. The largest absolute Gasteiger partial charge is 0.419 e. The second-order valence-electron chi connectivity index (χ2n) is 5.04. The highest BCUT2D eigenvalue weighted by atomic mass is 79.9. The Balaban J connectivity index is 2.27. The molecule has 0 unspecified atom stereocenters. The molecule has 0 amide bonds. The number of halogens is 4. The third-order valence-electron chi connectivity index (χ3n) is 2.79. The minimum atomic E-state index is -2.83. The van der Waals surface area contributed by atoms with Gasteiger partial charge in [0, 0.05) is 30.1 Å². The number of hydrogen-bond acceptors (Lipinski definition) is 5. The smallest absolute Gasteiger partial charge is 0.350 e. The van der Waals surface area contributed by atoms with Crippen LogP contribution in [0.25, 0.3) is 0 Å². The van der Waals surface area contributed by atoms with Crippen LogP contribution in [-0.2, 0) is 19.1 Å². The molecule has 0 radical (unpaired) electrons. The van der Waals surface area contributed by atoms with Crippen molar-refractivity contribution >= 4 is 33.6 Å². The molecule has 2 rings (SSSR count). The predicted molar refractivity (Wildman–Crippen MR) is 77.0 cm³/mol. The van der Waals surface area contributed by atoms with Gasteiger partial charge in [0.2, 0.25) is 0 Å². The molecule has 0 spiro atoms. The molecule has 0 atom stereocenters. The average molecular weight is 394 g/mol. The molecule has 23 heavy (non-hydrogen) atoms. The van der Waals surface area contributed by atoms with Gasteiger partial charge in [-0.15, -0.1) is 0 Å². The molecule has 1 aromatic carbocycles. The fourth-order valence-electron chi connectivity index (χ4n) is 1.78. The third kappa shape index (κ3) is 3.84. The van der Waals surface area contributed by atoms with Crippen molar-refractivity contribution in [3.63, 3.8) is 0 Å². The summed E-state index contributed by atoms with van der Waals surface area (Å²) in [4.78, 5) is 23.4. The molecule has 0 bridgehead atoms. The highest BCUT2D eigenvalue weighted by molar-refractivity contribution is 9.10. The van der Waals surface area contributed by atoms with Gasteiger partial charge in [-0.05, 0) is 28.1 Å². The molecule has 9 heteroatoms. The van der Waals surface area contributed by atoms with Gasteiger partial charge in [-0.1, -0.05) is 0 Å². The molecule has 1 N–H and O–H groups in total. The lowest BCUT2D eigenvalue weighted by molar-refractivity contribution is -0.222. The SMILES string of the molecule is CC1(C)OC(=O)C(=CNc2c(F)cc(C(F)F)cc2Br)C(=O)O1. The molecule has 1 aromatic rings. The highest BCUT2D eigenvalue weighted by Gasteiger charge is 2.39. The maximum atomic E-state index is 13.9. The van der Waals surface area contributed by atoms with Crippen molar-refractivity contribution in [3.05, 3.63) is 39.8 Å². The number of carbonyl (C=O) groups is 2. The molecule has 0 saturated carbocycles. The Labute approximate surface area is 137 Å². The topological polar surface area (TPSA) is 64.6 Å². The highest BCUT2D eigenvalue weighted by Crippen LogP contribution is 2.32. The minimum Gasteiger partial charge on any atom is -0.419 e. The van der Waals surface area contributed by atoms with Crippen molar-refractivity contribution in [1.29, 1.82) is 0 Å². The molecule has 1 heterocycles. The zero-order valence-corrected chi connectivity index (χ0v) is 13.5. The van der Waals surface area contributed by atoms with Crippen molar-refractivity contribution in [2.24, 2.45) is 0 Å². The van der Waals surface area contributed by atoms with Crippen molar-refractivity contribution < 1.29 is 32.2 Å². The van der Waals surface area contributed by atoms with E-state index in [1.54, 1.807) is 0 Å². The lowest BCUT2D eigenvalue weighted by atomic mass is 10.2. The predicted octanol–water partition coefficient (Wildman–Crippen LogP) is 3.66. The molecule has 1 aliphatic rings. The van der Waals surface area contributed by atoms with E-state index in [2.05, 4.69) is 21.2 Å². The summed E-state index contributed by atoms with van der Waals surface area (Å²) in [5, 5.41) is 2.37. The van der Waals surface area contributed by atoms with E-state index in [0.29, 0.717) is 6.07 Å². The molecule has 1 aliphatic heterocycles. The Morgan fingerprint density at radius 3 is 2.26 bits per heavy atom. The Kier molecular flexibility index (Phi) is 4.69. The van der Waals surface area contributed by atoms with Gasteiger partial charge in [-0.3, -0.25) is 0 Å². The Bertz CT molecular complexity index is 658. The Morgan fingerprint density at radius 1 is 1.22 bits per heavy atom. The zero-order chi connectivity index (χ0) is 17.4. The third-order valence-corrected chi connectivity index (χ3v) is 3.42. The van der Waals surface area contributed by atoms with E-state index in [0.717, 1.165) is 12.3 Å². The first-order valence-electron chi connectivity index (χ1n) is 6.31. The van der Waals surface area contributed by atoms with E-state index in [1.165, 1.54) is 13.8 Å². The number of carbonyl (C=O) groups excluding carboxylic acids is 2. The summed E-state index contributed by atoms with van der Waals surface area (Å²) in [6, 6.07) is 1.67. The number of cyclic esters (lactones) is 2. The quantitative estimate of drug-likeness (QED) is 0.482. The van der Waals surface area contributed by atoms with Crippen LogP contribution in [-0.4, -0.2) is 17.7 Å². The van der Waals surface area contributed by atoms with Crippen LogP contribution in [0.5, 0.6) is 0 Å². The summed E-state index contributed by atoms with van der Waals surface area (Å²) in [6.07, 6.45) is -1.94. The molecule has 5 nitrogen and oxygen atoms in total. The van der Waals surface area contributed by atoms with Gasteiger partial charge in [0.1, 0.15) is 5.82 Å². The molecular formula is C14H11BrF3NO4. The lowest BCUT2D eigenvalue weighted by Gasteiger charge is -2.29. The van der Waals surface area contributed by atoms with Crippen LogP contribution >= 0.6 is 15.9 Å². The maximum absolute atomic E-state index is 13.9. The number of rotatable bonds is 3. The maximum Gasteiger partial charge on any atom is 0.350 e. The van der Waals surface area contributed by atoms with Crippen LogP contribution in [0.15, 0.2) is 28.4 Å². The monoisotopic (exact) mass is 393 g/mol. The van der Waals surface area contributed by atoms with E-state index < -0.39 is 41.1 Å². The molecule has 124 valence electrons. The standard InChI is InChI=1S/C14H11BrF3NO4/c1-14(2)22-12(20)7(13(21)23-14)5-19-10-8(15)3-6(11(17)18)4-9(10)16/h3-5,11,19H,1-2H3. The first-order chi connectivity index (χ1) is 10.6. The van der Waals surface area contributed by atoms with E-state index in [1.807, 2.05) is 0 Å². The van der Waals surface area contributed by atoms with Crippen LogP contribution in [0.2, 0.25) is 0 Å². The second kappa shape index (κ2) is 6.23. The Morgan fingerprint density at radius 2 is 1.78 bits per heavy atom. The van der Waals surface area contributed by atoms with Crippen LogP contribution in [0, 0.1) is 5.82 Å². The molecule has 0 aromatic heterocycles. The molecule has 1 saturated heterocycles. The first kappa shape index (κ1) is 17.3. The van der Waals surface area contributed by atoms with E-state index in [-0.39, 0.29) is 10.2 Å². The molecular weight excluding hydrogens is 383 g/mol. The summed E-state index contributed by atoms with van der Waals surface area (Å²) >= 11 is 2.94. The van der Waals surface area contributed by atoms with Gasteiger partial charge in [-0.25, -0.2) is 22.8 Å². The summed E-state index contributed by atoms with van der Waals surface area (Å²) in [6.45, 7) is 2.76. The van der Waals surface area contributed by atoms with Gasteiger partial charge in [0.25, 0.3) is 12.2 Å². The van der Waals surface area contributed by atoms with Crippen LogP contribution in [0.3, 0.4) is 0 Å². The zero-order valence-electron chi connectivity index (χ0n) is 12.0.